The topological polar surface area (TPSA) is 41.6 Å². The lowest BCUT2D eigenvalue weighted by Gasteiger charge is -1.92. The van der Waals surface area contributed by atoms with Crippen LogP contribution in [0.15, 0.2) is 0 Å². The molecule has 0 unspecified atom stereocenters. The summed E-state index contributed by atoms with van der Waals surface area (Å²) >= 11 is 0. The summed E-state index contributed by atoms with van der Waals surface area (Å²) in [5.41, 5.74) is 3.66. The minimum Gasteiger partial charge on any atom is -0.272 e. The molecule has 0 aliphatic heterocycles. The lowest BCUT2D eigenvalue weighted by Crippen LogP contribution is -1.96. The van der Waals surface area contributed by atoms with E-state index in [0.717, 1.165) is 18.5 Å². The summed E-state index contributed by atoms with van der Waals surface area (Å²) in [4.78, 5) is 0. The molecular formula is C9H11N3. The van der Waals surface area contributed by atoms with E-state index in [4.69, 9.17) is 5.26 Å². The lowest BCUT2D eigenvalue weighted by atomic mass is 10.2. The van der Waals surface area contributed by atoms with Crippen LogP contribution in [-0.4, -0.2) is 9.78 Å². The summed E-state index contributed by atoms with van der Waals surface area (Å²) in [6, 6.07) is 2.15. The van der Waals surface area contributed by atoms with Gasteiger partial charge in [0.1, 0.15) is 0 Å². The molecule has 0 radical (unpaired) electrons. The Hall–Kier alpha value is -1.30. The van der Waals surface area contributed by atoms with Crippen molar-refractivity contribution in [2.24, 2.45) is 7.05 Å². The van der Waals surface area contributed by atoms with Crippen molar-refractivity contribution >= 4 is 0 Å². The highest BCUT2D eigenvalue weighted by molar-refractivity contribution is 5.31. The molecule has 0 bridgehead atoms. The molecule has 3 nitrogen and oxygen atoms in total. The Morgan fingerprint density at radius 1 is 1.58 bits per heavy atom. The average Bonchev–Trinajstić information content (AvgIpc) is 2.58. The summed E-state index contributed by atoms with van der Waals surface area (Å²) in [7, 11) is 1.96. The molecule has 0 atom stereocenters. The Bertz CT molecular complexity index is 343. The van der Waals surface area contributed by atoms with Crippen LogP contribution in [0.1, 0.15) is 23.4 Å². The van der Waals surface area contributed by atoms with Gasteiger partial charge in [0.15, 0.2) is 0 Å². The highest BCUT2D eigenvalue weighted by Crippen LogP contribution is 2.24. The van der Waals surface area contributed by atoms with Gasteiger partial charge in [-0.25, -0.2) is 0 Å². The van der Waals surface area contributed by atoms with E-state index in [0.29, 0.717) is 6.42 Å². The lowest BCUT2D eigenvalue weighted by molar-refractivity contribution is 0.694. The largest absolute Gasteiger partial charge is 0.272 e. The Morgan fingerprint density at radius 3 is 3.17 bits per heavy atom. The van der Waals surface area contributed by atoms with Crippen molar-refractivity contribution in [3.8, 4) is 6.07 Å². The number of aromatic nitrogens is 2. The molecule has 0 aromatic carbocycles. The fraction of sp³-hybridized carbons (Fsp3) is 0.556. The predicted molar refractivity (Wildman–Crippen MR) is 44.6 cm³/mol. The first kappa shape index (κ1) is 7.35. The van der Waals surface area contributed by atoms with Gasteiger partial charge < -0.3 is 0 Å². The zero-order valence-electron chi connectivity index (χ0n) is 7.17. The number of aryl methyl sites for hydroxylation is 1. The van der Waals surface area contributed by atoms with E-state index in [-0.39, 0.29) is 0 Å². The van der Waals surface area contributed by atoms with Gasteiger partial charge in [-0.3, -0.25) is 4.68 Å². The molecule has 0 saturated carbocycles. The van der Waals surface area contributed by atoms with Crippen LogP contribution < -0.4 is 0 Å². The molecule has 1 aliphatic carbocycles. The molecule has 1 aromatic rings. The van der Waals surface area contributed by atoms with Crippen LogP contribution in [0.2, 0.25) is 0 Å². The third-order valence-corrected chi connectivity index (χ3v) is 2.44. The van der Waals surface area contributed by atoms with E-state index in [1.165, 1.54) is 17.7 Å². The van der Waals surface area contributed by atoms with Crippen LogP contribution in [0.4, 0.5) is 0 Å². The summed E-state index contributed by atoms with van der Waals surface area (Å²) in [6.45, 7) is 0. The number of hydrogen-bond acceptors (Lipinski definition) is 2. The quantitative estimate of drug-likeness (QED) is 0.616. The highest BCUT2D eigenvalue weighted by Gasteiger charge is 2.19. The van der Waals surface area contributed by atoms with Gasteiger partial charge in [0.05, 0.1) is 18.2 Å². The minimum absolute atomic E-state index is 0.461. The van der Waals surface area contributed by atoms with Crippen LogP contribution in [0, 0.1) is 11.3 Å². The van der Waals surface area contributed by atoms with Crippen molar-refractivity contribution in [3.63, 3.8) is 0 Å². The van der Waals surface area contributed by atoms with E-state index in [1.807, 2.05) is 11.7 Å². The predicted octanol–water partition coefficient (Wildman–Crippen LogP) is 0.975. The monoisotopic (exact) mass is 161 g/mol. The molecule has 0 fully saturated rings. The van der Waals surface area contributed by atoms with E-state index in [1.54, 1.807) is 0 Å². The summed E-state index contributed by atoms with van der Waals surface area (Å²) in [6.07, 6.45) is 3.92. The Balaban J connectivity index is 2.45. The minimum atomic E-state index is 0.461. The van der Waals surface area contributed by atoms with E-state index >= 15 is 0 Å². The van der Waals surface area contributed by atoms with E-state index in [2.05, 4.69) is 11.2 Å². The van der Waals surface area contributed by atoms with Crippen molar-refractivity contribution in [1.82, 2.24) is 9.78 Å². The molecule has 62 valence electrons. The molecule has 0 N–H and O–H groups in total. The Morgan fingerprint density at radius 2 is 2.42 bits per heavy atom. The fourth-order valence-corrected chi connectivity index (χ4v) is 1.91. The number of fused-ring (bicyclic) bond motifs is 1. The van der Waals surface area contributed by atoms with Gasteiger partial charge in [0.2, 0.25) is 0 Å². The third kappa shape index (κ3) is 0.918. The second kappa shape index (κ2) is 2.63. The van der Waals surface area contributed by atoms with Gasteiger partial charge in [-0.1, -0.05) is 0 Å². The number of hydrogen-bond donors (Lipinski definition) is 0. The normalized spacial score (nSPS) is 14.3. The molecule has 2 rings (SSSR count). The van der Waals surface area contributed by atoms with Crippen LogP contribution in [0.3, 0.4) is 0 Å². The van der Waals surface area contributed by atoms with Gasteiger partial charge >= 0.3 is 0 Å². The highest BCUT2D eigenvalue weighted by atomic mass is 15.3. The molecular weight excluding hydrogens is 150 g/mol. The van der Waals surface area contributed by atoms with Crippen molar-refractivity contribution in [2.45, 2.75) is 25.7 Å². The van der Waals surface area contributed by atoms with Crippen LogP contribution in [0.5, 0.6) is 0 Å². The fourth-order valence-electron chi connectivity index (χ4n) is 1.91. The van der Waals surface area contributed by atoms with Gasteiger partial charge in [-0.15, -0.1) is 0 Å². The smallest absolute Gasteiger partial charge is 0.0799 e. The molecule has 0 spiro atoms. The zero-order valence-corrected chi connectivity index (χ0v) is 7.17. The molecule has 0 saturated heterocycles. The first-order chi connectivity index (χ1) is 5.83. The van der Waals surface area contributed by atoms with Crippen LogP contribution >= 0.6 is 0 Å². The number of nitriles is 1. The van der Waals surface area contributed by atoms with Crippen LogP contribution in [0.25, 0.3) is 0 Å². The number of nitrogens with zero attached hydrogens (tertiary/aromatic N) is 3. The molecule has 0 amide bonds. The molecule has 1 aromatic heterocycles. The van der Waals surface area contributed by atoms with Gasteiger partial charge in [-0.2, -0.15) is 10.4 Å². The van der Waals surface area contributed by atoms with Gasteiger partial charge in [0, 0.05) is 12.7 Å². The average molecular weight is 161 g/mol. The molecule has 12 heavy (non-hydrogen) atoms. The second-order valence-electron chi connectivity index (χ2n) is 3.18. The van der Waals surface area contributed by atoms with Crippen molar-refractivity contribution < 1.29 is 0 Å². The first-order valence-electron chi connectivity index (χ1n) is 4.23. The number of rotatable bonds is 1. The Kier molecular flexibility index (Phi) is 1.61. The molecule has 1 heterocycles. The van der Waals surface area contributed by atoms with E-state index < -0.39 is 0 Å². The second-order valence-corrected chi connectivity index (χ2v) is 3.18. The Labute approximate surface area is 71.6 Å². The molecule has 3 heteroatoms. The van der Waals surface area contributed by atoms with Crippen molar-refractivity contribution in [1.29, 1.82) is 5.26 Å². The van der Waals surface area contributed by atoms with Crippen molar-refractivity contribution in [3.05, 3.63) is 17.0 Å². The summed E-state index contributed by atoms with van der Waals surface area (Å²) in [5, 5.41) is 12.9. The standard InChI is InChI=1S/C9H11N3/c1-12-9-4-2-3-7(9)8(11-12)5-6-10/h2-5H2,1H3. The van der Waals surface area contributed by atoms with Crippen LogP contribution in [-0.2, 0) is 26.3 Å². The maximum Gasteiger partial charge on any atom is 0.0799 e. The SMILES string of the molecule is Cn1nc(CC#N)c2c1CCC2. The van der Waals surface area contributed by atoms with Gasteiger partial charge in [0.25, 0.3) is 0 Å². The molecule has 1 aliphatic rings. The summed E-state index contributed by atoms with van der Waals surface area (Å²) < 4.78 is 1.93. The summed E-state index contributed by atoms with van der Waals surface area (Å²) in [5.74, 6) is 0. The van der Waals surface area contributed by atoms with Crippen molar-refractivity contribution in [2.75, 3.05) is 0 Å². The third-order valence-electron chi connectivity index (χ3n) is 2.44. The maximum atomic E-state index is 8.56. The van der Waals surface area contributed by atoms with Gasteiger partial charge in [-0.05, 0) is 24.8 Å². The first-order valence-corrected chi connectivity index (χ1v) is 4.23. The van der Waals surface area contributed by atoms with E-state index in [9.17, 15) is 0 Å². The zero-order chi connectivity index (χ0) is 8.55. The maximum absolute atomic E-state index is 8.56.